The molecule has 0 saturated carbocycles. The van der Waals surface area contributed by atoms with Gasteiger partial charge < -0.3 is 10.1 Å². The third-order valence-electron chi connectivity index (χ3n) is 4.86. The molecule has 0 bridgehead atoms. The zero-order valence-corrected chi connectivity index (χ0v) is 13.2. The summed E-state index contributed by atoms with van der Waals surface area (Å²) in [5.41, 5.74) is 4.85. The third-order valence-corrected chi connectivity index (χ3v) is 4.86. The number of nitrogens with one attached hydrogen (secondary N) is 1. The lowest BCUT2D eigenvalue weighted by Gasteiger charge is -2.27. The summed E-state index contributed by atoms with van der Waals surface area (Å²) in [5, 5.41) is 6.10. The van der Waals surface area contributed by atoms with Gasteiger partial charge in [0.05, 0.1) is 11.4 Å². The molecule has 2 aliphatic carbocycles. The van der Waals surface area contributed by atoms with Crippen LogP contribution in [0.4, 0.5) is 11.4 Å². The first-order valence-electron chi connectivity index (χ1n) is 7.97. The van der Waals surface area contributed by atoms with Crippen LogP contribution >= 0.6 is 0 Å². The lowest BCUT2D eigenvalue weighted by molar-refractivity contribution is 0.480. The highest BCUT2D eigenvalue weighted by atomic mass is 16.5. The third kappa shape index (κ3) is 1.69. The van der Waals surface area contributed by atoms with Gasteiger partial charge in [0.15, 0.2) is 11.5 Å². The predicted molar refractivity (Wildman–Crippen MR) is 94.4 cm³/mol. The number of fused-ring (bicyclic) bond motifs is 5. The second-order valence-electron chi connectivity index (χ2n) is 6.85. The average molecular weight is 299 g/mol. The molecule has 2 aromatic rings. The molecule has 2 heteroatoms. The first-order chi connectivity index (χ1) is 11.1. The molecule has 1 aliphatic heterocycles. The minimum atomic E-state index is 0.0491. The number of hydrogen-bond acceptors (Lipinski definition) is 2. The molecular formula is C21H17NO. The van der Waals surface area contributed by atoms with Crippen molar-refractivity contribution >= 4 is 23.0 Å². The van der Waals surface area contributed by atoms with E-state index in [-0.39, 0.29) is 5.41 Å². The molecule has 0 radical (unpaired) electrons. The Hall–Kier alpha value is -2.74. The van der Waals surface area contributed by atoms with Crippen molar-refractivity contribution < 1.29 is 4.74 Å². The second kappa shape index (κ2) is 4.17. The number of anilines is 2. The number of benzene rings is 2. The fourth-order valence-electron chi connectivity index (χ4n) is 3.80. The van der Waals surface area contributed by atoms with Gasteiger partial charge in [0, 0.05) is 10.6 Å². The molecule has 0 spiro atoms. The molecule has 0 atom stereocenters. The summed E-state index contributed by atoms with van der Waals surface area (Å²) in [6, 6.07) is 12.3. The van der Waals surface area contributed by atoms with Crippen molar-refractivity contribution in [1.29, 1.82) is 0 Å². The van der Waals surface area contributed by atoms with Crippen LogP contribution in [-0.2, 0) is 0 Å². The first-order valence-corrected chi connectivity index (χ1v) is 7.97. The van der Waals surface area contributed by atoms with E-state index < -0.39 is 0 Å². The maximum atomic E-state index is 6.08. The van der Waals surface area contributed by atoms with Crippen molar-refractivity contribution in [3.63, 3.8) is 0 Å². The van der Waals surface area contributed by atoms with Gasteiger partial charge in [-0.1, -0.05) is 50.3 Å². The number of hydrogen-bond donors (Lipinski definition) is 1. The molecule has 2 aromatic carbocycles. The molecule has 0 amide bonds. The quantitative estimate of drug-likeness (QED) is 0.677. The van der Waals surface area contributed by atoms with E-state index in [0.29, 0.717) is 0 Å². The highest BCUT2D eigenvalue weighted by Crippen LogP contribution is 2.42. The van der Waals surface area contributed by atoms with Crippen LogP contribution in [0.15, 0.2) is 60.2 Å². The summed E-state index contributed by atoms with van der Waals surface area (Å²) in [5.74, 6) is 1.77. The summed E-state index contributed by atoms with van der Waals surface area (Å²) in [7, 11) is 0. The van der Waals surface area contributed by atoms with Gasteiger partial charge in [-0.25, -0.2) is 0 Å². The van der Waals surface area contributed by atoms with Crippen molar-refractivity contribution in [3.8, 4) is 11.5 Å². The molecule has 1 heterocycles. The van der Waals surface area contributed by atoms with Crippen LogP contribution in [0, 0.1) is 5.41 Å². The molecule has 2 nitrogen and oxygen atoms in total. The van der Waals surface area contributed by atoms with E-state index in [2.05, 4.69) is 61.7 Å². The zero-order valence-electron chi connectivity index (χ0n) is 13.2. The largest absolute Gasteiger partial charge is 0.453 e. The maximum absolute atomic E-state index is 6.08. The van der Waals surface area contributed by atoms with Crippen LogP contribution in [-0.4, -0.2) is 0 Å². The highest BCUT2D eigenvalue weighted by molar-refractivity contribution is 5.90. The van der Waals surface area contributed by atoms with Crippen molar-refractivity contribution in [2.24, 2.45) is 5.41 Å². The first kappa shape index (κ1) is 12.8. The van der Waals surface area contributed by atoms with Gasteiger partial charge in [-0.3, -0.25) is 0 Å². The average Bonchev–Trinajstić information content (AvgIpc) is 2.93. The van der Waals surface area contributed by atoms with Gasteiger partial charge in [-0.05, 0) is 40.6 Å². The van der Waals surface area contributed by atoms with Gasteiger partial charge in [0.1, 0.15) is 0 Å². The second-order valence-corrected chi connectivity index (χ2v) is 6.85. The molecule has 0 unspecified atom stereocenters. The minimum Gasteiger partial charge on any atom is -0.453 e. The van der Waals surface area contributed by atoms with Crippen LogP contribution in [0.3, 0.4) is 0 Å². The Labute approximate surface area is 135 Å². The summed E-state index contributed by atoms with van der Waals surface area (Å²) < 4.78 is 6.08. The monoisotopic (exact) mass is 299 g/mol. The number of allylic oxidation sites excluding steroid dienone is 4. The summed E-state index contributed by atoms with van der Waals surface area (Å²) in [6.45, 7) is 4.54. The van der Waals surface area contributed by atoms with E-state index in [9.17, 15) is 0 Å². The maximum Gasteiger partial charge on any atom is 0.151 e. The summed E-state index contributed by atoms with van der Waals surface area (Å²) >= 11 is 0. The summed E-state index contributed by atoms with van der Waals surface area (Å²) in [6.07, 6.45) is 8.91. The molecule has 23 heavy (non-hydrogen) atoms. The highest BCUT2D eigenvalue weighted by Gasteiger charge is 2.29. The number of rotatable bonds is 0. The molecule has 0 aromatic heterocycles. The smallest absolute Gasteiger partial charge is 0.151 e. The van der Waals surface area contributed by atoms with Crippen LogP contribution in [0.25, 0.3) is 11.6 Å². The van der Waals surface area contributed by atoms with Gasteiger partial charge >= 0.3 is 0 Å². The Bertz CT molecular complexity index is 1040. The molecule has 0 fully saturated rings. The topological polar surface area (TPSA) is 21.3 Å². The lowest BCUT2D eigenvalue weighted by atomic mass is 9.77. The number of ether oxygens (including phenoxy) is 1. The van der Waals surface area contributed by atoms with E-state index in [1.54, 1.807) is 0 Å². The zero-order chi connectivity index (χ0) is 15.6. The predicted octanol–water partition coefficient (Wildman–Crippen LogP) is 4.00. The van der Waals surface area contributed by atoms with Gasteiger partial charge in [-0.2, -0.15) is 0 Å². The van der Waals surface area contributed by atoms with Gasteiger partial charge in [0.25, 0.3) is 0 Å². The molecular weight excluding hydrogens is 282 g/mol. The van der Waals surface area contributed by atoms with Crippen molar-refractivity contribution in [2.75, 3.05) is 5.32 Å². The van der Waals surface area contributed by atoms with E-state index >= 15 is 0 Å². The molecule has 5 rings (SSSR count). The molecule has 0 saturated heterocycles. The molecule has 1 N–H and O–H groups in total. The minimum absolute atomic E-state index is 0.0491. The van der Waals surface area contributed by atoms with Crippen molar-refractivity contribution in [3.05, 3.63) is 70.6 Å². The Morgan fingerprint density at radius 3 is 2.78 bits per heavy atom. The lowest BCUT2D eigenvalue weighted by Crippen LogP contribution is -2.30. The van der Waals surface area contributed by atoms with E-state index in [1.165, 1.54) is 21.6 Å². The SMILES string of the molecule is CC1(C)C=CC=C2C=c3c4c(ccc3=C21)Oc1ccccc1N4. The van der Waals surface area contributed by atoms with Gasteiger partial charge in [-0.15, -0.1) is 0 Å². The van der Waals surface area contributed by atoms with Crippen LogP contribution in [0.2, 0.25) is 0 Å². The normalized spacial score (nSPS) is 18.5. The van der Waals surface area contributed by atoms with Crippen LogP contribution < -0.4 is 20.5 Å². The van der Waals surface area contributed by atoms with Crippen LogP contribution in [0.1, 0.15) is 13.8 Å². The van der Waals surface area contributed by atoms with Crippen molar-refractivity contribution in [1.82, 2.24) is 0 Å². The Balaban J connectivity index is 1.80. The Morgan fingerprint density at radius 2 is 1.87 bits per heavy atom. The van der Waals surface area contributed by atoms with Gasteiger partial charge in [0.2, 0.25) is 0 Å². The summed E-state index contributed by atoms with van der Waals surface area (Å²) in [4.78, 5) is 0. The molecule has 3 aliphatic rings. The Kier molecular flexibility index (Phi) is 2.31. The van der Waals surface area contributed by atoms with Crippen molar-refractivity contribution in [2.45, 2.75) is 13.8 Å². The number of para-hydroxylation sites is 2. The standard InChI is InChI=1S/C21H17NO/c1-21(2)11-5-6-13-12-15-14(19(13)21)9-10-18-20(15)22-16-7-3-4-8-17(16)23-18/h3-12,22H,1-2H3. The van der Waals surface area contributed by atoms with E-state index in [0.717, 1.165) is 22.9 Å². The van der Waals surface area contributed by atoms with E-state index in [4.69, 9.17) is 4.74 Å². The van der Waals surface area contributed by atoms with Crippen LogP contribution in [0.5, 0.6) is 11.5 Å². The molecule has 112 valence electrons. The van der Waals surface area contributed by atoms with E-state index in [1.807, 2.05) is 18.2 Å². The fourth-order valence-corrected chi connectivity index (χ4v) is 3.80. The fraction of sp³-hybridized carbons (Fsp3) is 0.143. The Morgan fingerprint density at radius 1 is 1.00 bits per heavy atom.